The standard InChI is InChI=1S/C21H26FN4O6PS/c1-14(26(13-27)12-17-11-24-15(2)25-21(17)23)19(8-9-32-33(29,30)31)34-20(28)7-6-16-4-3-5-18(22)10-16/h3-7,10-11,13,28,34H,8-9,12H2,1-2H3,(H2,23,24,25)(H2,29,30,31)/b7-6+,19-14-. The molecule has 2 aromatic rings. The molecule has 0 saturated heterocycles. The van der Waals surface area contributed by atoms with Gasteiger partial charge in [-0.1, -0.05) is 18.2 Å². The number of amides is 1. The molecule has 0 aliphatic heterocycles. The predicted molar refractivity (Wildman–Crippen MR) is 130 cm³/mol. The van der Waals surface area contributed by atoms with Gasteiger partial charge in [-0.3, -0.25) is 9.32 Å². The van der Waals surface area contributed by atoms with E-state index in [1.807, 2.05) is 0 Å². The van der Waals surface area contributed by atoms with Gasteiger partial charge in [-0.2, -0.15) is 0 Å². The number of nitrogen functional groups attached to an aromatic ring is 1. The number of phosphoric ester groups is 1. The number of benzene rings is 1. The minimum absolute atomic E-state index is 0.000579. The van der Waals surface area contributed by atoms with E-state index in [0.717, 1.165) is 0 Å². The number of halogens is 1. The number of aromatic nitrogens is 2. The smallest absolute Gasteiger partial charge is 0.383 e. The maximum atomic E-state index is 13.4. The van der Waals surface area contributed by atoms with Gasteiger partial charge in [0.15, 0.2) is 0 Å². The lowest BCUT2D eigenvalue weighted by Crippen LogP contribution is -2.22. The molecular formula is C21H26FN4O6PS. The van der Waals surface area contributed by atoms with Crippen LogP contribution in [-0.4, -0.2) is 47.8 Å². The minimum atomic E-state index is -4.70. The fourth-order valence-corrected chi connectivity index (χ4v) is 4.00. The second kappa shape index (κ2) is 12.7. The van der Waals surface area contributed by atoms with Crippen molar-refractivity contribution in [2.75, 3.05) is 12.3 Å². The number of aliphatic hydroxyl groups excluding tert-OH is 1. The zero-order valence-corrected chi connectivity index (χ0v) is 20.3. The first-order chi connectivity index (χ1) is 16.0. The Labute approximate surface area is 199 Å². The summed E-state index contributed by atoms with van der Waals surface area (Å²) < 4.78 is 28.9. The van der Waals surface area contributed by atoms with Gasteiger partial charge in [0.2, 0.25) is 6.41 Å². The van der Waals surface area contributed by atoms with Crippen LogP contribution in [0.25, 0.3) is 6.08 Å². The molecule has 1 aromatic carbocycles. The number of nitrogens with zero attached hydrogens (tertiary/aromatic N) is 3. The first-order valence-corrected chi connectivity index (χ1v) is 12.3. The summed E-state index contributed by atoms with van der Waals surface area (Å²) in [5.41, 5.74) is 7.36. The topological polar surface area (TPSA) is 159 Å². The average molecular weight is 513 g/mol. The average Bonchev–Trinajstić information content (AvgIpc) is 2.75. The maximum absolute atomic E-state index is 13.4. The summed E-state index contributed by atoms with van der Waals surface area (Å²) in [6, 6.07) is 5.77. The van der Waals surface area contributed by atoms with E-state index in [4.69, 9.17) is 15.5 Å². The van der Waals surface area contributed by atoms with Crippen LogP contribution in [0.5, 0.6) is 0 Å². The van der Waals surface area contributed by atoms with Gasteiger partial charge in [0.25, 0.3) is 0 Å². The lowest BCUT2D eigenvalue weighted by atomic mass is 10.2. The SMILES string of the molecule is C/C(=C(CCOP(=O)(O)O)/[SH]=C(O)\C=C\c1cccc(F)c1)N(C=O)Cc1cnc(C)nc1N. The predicted octanol–water partition coefficient (Wildman–Crippen LogP) is 3.06. The van der Waals surface area contributed by atoms with Crippen molar-refractivity contribution in [3.8, 4) is 0 Å². The maximum Gasteiger partial charge on any atom is 0.469 e. The fraction of sp³-hybridized carbons (Fsp3) is 0.238. The summed E-state index contributed by atoms with van der Waals surface area (Å²) in [7, 11) is -4.70. The Balaban J connectivity index is 2.35. The summed E-state index contributed by atoms with van der Waals surface area (Å²) in [5, 5.41) is 10.3. The van der Waals surface area contributed by atoms with Crippen LogP contribution in [0.1, 0.15) is 30.3 Å². The number of aliphatic hydroxyl groups is 1. The van der Waals surface area contributed by atoms with Gasteiger partial charge < -0.3 is 25.5 Å². The minimum Gasteiger partial charge on any atom is -0.383 e. The van der Waals surface area contributed by atoms with Crippen LogP contribution >= 0.6 is 19.2 Å². The Hall–Kier alpha value is -2.73. The van der Waals surface area contributed by atoms with Crippen LogP contribution in [0.2, 0.25) is 0 Å². The van der Waals surface area contributed by atoms with Crippen molar-refractivity contribution in [3.63, 3.8) is 0 Å². The van der Waals surface area contributed by atoms with Crippen molar-refractivity contribution in [1.82, 2.24) is 14.9 Å². The summed E-state index contributed by atoms with van der Waals surface area (Å²) in [4.78, 5) is 39.7. The van der Waals surface area contributed by atoms with E-state index in [9.17, 15) is 18.9 Å². The molecule has 1 aromatic heterocycles. The number of rotatable bonds is 11. The summed E-state index contributed by atoms with van der Waals surface area (Å²) in [6.45, 7) is 2.98. The number of phosphoric acid groups is 1. The molecule has 0 saturated carbocycles. The monoisotopic (exact) mass is 512 g/mol. The van der Waals surface area contributed by atoms with Gasteiger partial charge >= 0.3 is 7.82 Å². The molecule has 0 unspecified atom stereocenters. The number of nitrogens with two attached hydrogens (primary N) is 1. The third-order valence-corrected chi connectivity index (χ3v) is 6.17. The highest BCUT2D eigenvalue weighted by Gasteiger charge is 2.16. The number of carbonyl (C=O) groups is 1. The highest BCUT2D eigenvalue weighted by molar-refractivity contribution is 8.02. The summed E-state index contributed by atoms with van der Waals surface area (Å²) >= 11 is 0.255. The molecule has 10 nitrogen and oxygen atoms in total. The van der Waals surface area contributed by atoms with Crippen LogP contribution in [0.4, 0.5) is 10.2 Å². The molecule has 2 rings (SSSR count). The van der Waals surface area contributed by atoms with Crippen molar-refractivity contribution in [2.45, 2.75) is 26.8 Å². The Morgan fingerprint density at radius 2 is 2.12 bits per heavy atom. The molecule has 0 bridgehead atoms. The van der Waals surface area contributed by atoms with E-state index in [1.165, 1.54) is 41.4 Å². The van der Waals surface area contributed by atoms with Crippen LogP contribution in [-0.2, 0) is 20.4 Å². The Bertz CT molecular complexity index is 1170. The number of hydrogen-bond acceptors (Lipinski definition) is 6. The molecule has 1 heterocycles. The Morgan fingerprint density at radius 1 is 1.38 bits per heavy atom. The second-order valence-corrected chi connectivity index (χ2v) is 9.49. The summed E-state index contributed by atoms with van der Waals surface area (Å²) in [5.74, 6) is 0.263. The highest BCUT2D eigenvalue weighted by atomic mass is 32.1. The summed E-state index contributed by atoms with van der Waals surface area (Å²) in [6.07, 6.45) is 4.94. The van der Waals surface area contributed by atoms with E-state index in [-0.39, 0.29) is 41.8 Å². The van der Waals surface area contributed by atoms with Crippen molar-refractivity contribution >= 4 is 42.5 Å². The van der Waals surface area contributed by atoms with Gasteiger partial charge in [-0.15, -0.1) is 11.4 Å². The largest absolute Gasteiger partial charge is 0.469 e. The molecule has 0 radical (unpaired) electrons. The number of anilines is 1. The molecule has 0 fully saturated rings. The van der Waals surface area contributed by atoms with Gasteiger partial charge in [0, 0.05) is 28.8 Å². The molecule has 34 heavy (non-hydrogen) atoms. The highest BCUT2D eigenvalue weighted by Crippen LogP contribution is 2.36. The van der Waals surface area contributed by atoms with Gasteiger partial charge in [-0.25, -0.2) is 18.9 Å². The van der Waals surface area contributed by atoms with Crippen LogP contribution in [0, 0.1) is 12.7 Å². The van der Waals surface area contributed by atoms with Crippen molar-refractivity contribution in [1.29, 1.82) is 0 Å². The molecule has 1 amide bonds. The van der Waals surface area contributed by atoms with Crippen LogP contribution in [0.15, 0.2) is 47.1 Å². The van der Waals surface area contributed by atoms with E-state index in [1.54, 1.807) is 19.9 Å². The van der Waals surface area contributed by atoms with E-state index < -0.39 is 13.6 Å². The Kier molecular flexibility index (Phi) is 10.2. The number of aryl methyl sites for hydroxylation is 1. The zero-order valence-electron chi connectivity index (χ0n) is 18.5. The molecular weight excluding hydrogens is 486 g/mol. The molecule has 184 valence electrons. The first-order valence-electron chi connectivity index (χ1n) is 9.89. The first kappa shape index (κ1) is 27.5. The molecule has 0 atom stereocenters. The van der Waals surface area contributed by atoms with E-state index >= 15 is 0 Å². The van der Waals surface area contributed by atoms with Gasteiger partial charge in [0.1, 0.15) is 17.5 Å². The number of carbonyl (C=O) groups excluding carboxylic acids is 1. The normalized spacial score (nSPS) is 13.4. The molecule has 0 aliphatic rings. The number of hydrogen-bond donors (Lipinski definition) is 5. The van der Waals surface area contributed by atoms with Gasteiger partial charge in [0.05, 0.1) is 18.2 Å². The third kappa shape index (κ3) is 9.26. The number of allylic oxidation sites excluding steroid dienone is 1. The number of thiol groups is 1. The molecule has 13 heteroatoms. The molecule has 0 aliphatic carbocycles. The van der Waals surface area contributed by atoms with Crippen molar-refractivity contribution in [3.05, 3.63) is 69.9 Å². The lowest BCUT2D eigenvalue weighted by Gasteiger charge is -2.21. The fourth-order valence-electron chi connectivity index (χ4n) is 2.75. The van der Waals surface area contributed by atoms with Gasteiger partial charge in [-0.05, 0) is 37.6 Å². The van der Waals surface area contributed by atoms with Crippen molar-refractivity contribution < 1.29 is 33.2 Å². The van der Waals surface area contributed by atoms with Crippen LogP contribution in [0.3, 0.4) is 0 Å². The van der Waals surface area contributed by atoms with Crippen LogP contribution < -0.4 is 5.73 Å². The lowest BCUT2D eigenvalue weighted by molar-refractivity contribution is -0.116. The molecule has 0 spiro atoms. The molecule has 5 N–H and O–H groups in total. The van der Waals surface area contributed by atoms with Crippen molar-refractivity contribution in [2.24, 2.45) is 0 Å². The van der Waals surface area contributed by atoms with E-state index in [0.29, 0.717) is 34.0 Å². The second-order valence-electron chi connectivity index (χ2n) is 7.03. The quantitative estimate of drug-likeness (QED) is 0.100. The zero-order chi connectivity index (χ0) is 25.3. The van der Waals surface area contributed by atoms with E-state index in [2.05, 4.69) is 14.5 Å². The third-order valence-electron chi connectivity index (χ3n) is 4.46. The Morgan fingerprint density at radius 3 is 2.74 bits per heavy atom.